The fourth-order valence-corrected chi connectivity index (χ4v) is 9.47. The zero-order valence-corrected chi connectivity index (χ0v) is 27.6. The van der Waals surface area contributed by atoms with Gasteiger partial charge in [0.05, 0.1) is 17.7 Å². The van der Waals surface area contributed by atoms with E-state index in [4.69, 9.17) is 15.2 Å². The molecule has 5 rings (SSSR count). The lowest BCUT2D eigenvalue weighted by molar-refractivity contribution is -0.224. The number of ether oxygens (including phenoxy) is 2. The summed E-state index contributed by atoms with van der Waals surface area (Å²) >= 11 is 0. The average Bonchev–Trinajstić information content (AvgIpc) is 3.24. The lowest BCUT2D eigenvalue weighted by Crippen LogP contribution is -2.69. The molecule has 250 valence electrons. The summed E-state index contributed by atoms with van der Waals surface area (Å²) in [6.07, 6.45) is 4.48. The van der Waals surface area contributed by atoms with Crippen LogP contribution in [0.3, 0.4) is 0 Å². The topological polar surface area (TPSA) is 145 Å². The second kappa shape index (κ2) is 12.1. The van der Waals surface area contributed by atoms with E-state index in [1.54, 1.807) is 37.3 Å². The van der Waals surface area contributed by atoms with Crippen molar-refractivity contribution in [3.8, 4) is 0 Å². The molecular formula is C36H47FN2O7. The Balaban J connectivity index is 1.36. The molecule has 0 bridgehead atoms. The average molecular weight is 639 g/mol. The van der Waals surface area contributed by atoms with Crippen molar-refractivity contribution in [1.82, 2.24) is 5.32 Å². The summed E-state index contributed by atoms with van der Waals surface area (Å²) in [6.45, 7) is 8.71. The van der Waals surface area contributed by atoms with E-state index in [1.165, 1.54) is 19.3 Å². The number of ketones is 2. The minimum atomic E-state index is -2.03. The van der Waals surface area contributed by atoms with E-state index >= 15 is 4.39 Å². The number of halogens is 1. The molecule has 0 spiro atoms. The maximum atomic E-state index is 17.5. The number of hydrogen-bond acceptors (Lipinski definition) is 8. The normalized spacial score (nSPS) is 37.1. The number of allylic oxidation sites excluding steroid dienone is 4. The standard InChI is InChI=1S/C36H47FN2O7/c1-20(2)30(38)31(43)39-18-22-9-7-8-10-25(22)32(44)46-19-29(42)36(45-6)21(3)15-27-26-12-11-23-16-24(40)13-14-33(23,4)35(26,37)28(41)17-34(27,36)5/h7-10,13-14,16,20-21,26-28,30,41H,11-12,15,17-19,38H2,1-6H3,(H,39,43)/t21-,26+,27+,28+,30+,33+,34+,35+,36+/m1/s1. The van der Waals surface area contributed by atoms with Crippen molar-refractivity contribution in [1.29, 1.82) is 0 Å². The number of carbonyl (C=O) groups excluding carboxylic acids is 4. The number of Topliss-reactive ketones (excluding diaryl/α,β-unsaturated/α-hetero) is 1. The van der Waals surface area contributed by atoms with E-state index in [0.717, 1.165) is 0 Å². The van der Waals surface area contributed by atoms with Crippen LogP contribution >= 0.6 is 0 Å². The zero-order valence-electron chi connectivity index (χ0n) is 27.6. The molecular weight excluding hydrogens is 591 g/mol. The van der Waals surface area contributed by atoms with Gasteiger partial charge in [0.2, 0.25) is 11.7 Å². The molecule has 1 aromatic carbocycles. The summed E-state index contributed by atoms with van der Waals surface area (Å²) in [5.41, 5.74) is 1.79. The first kappa shape index (κ1) is 34.1. The van der Waals surface area contributed by atoms with Crippen LogP contribution in [0.1, 0.15) is 76.2 Å². The number of methoxy groups -OCH3 is 1. The summed E-state index contributed by atoms with van der Waals surface area (Å²) in [6, 6.07) is 5.96. The number of fused-ring (bicyclic) bond motifs is 5. The Morgan fingerprint density at radius 3 is 2.54 bits per heavy atom. The number of esters is 1. The molecule has 0 radical (unpaired) electrons. The predicted octanol–water partition coefficient (Wildman–Crippen LogP) is 4.01. The van der Waals surface area contributed by atoms with Crippen LogP contribution in [-0.2, 0) is 30.4 Å². The van der Waals surface area contributed by atoms with E-state index in [0.29, 0.717) is 30.4 Å². The number of carbonyl (C=O) groups is 4. The van der Waals surface area contributed by atoms with Crippen molar-refractivity contribution in [2.24, 2.45) is 40.2 Å². The van der Waals surface area contributed by atoms with Crippen LogP contribution in [0.15, 0.2) is 48.1 Å². The van der Waals surface area contributed by atoms with Crippen LogP contribution in [0.5, 0.6) is 0 Å². The smallest absolute Gasteiger partial charge is 0.338 e. The van der Waals surface area contributed by atoms with Gasteiger partial charge < -0.3 is 25.6 Å². The maximum absolute atomic E-state index is 17.5. The Labute approximate surface area is 270 Å². The molecule has 0 saturated heterocycles. The molecule has 0 aromatic heterocycles. The summed E-state index contributed by atoms with van der Waals surface area (Å²) in [4.78, 5) is 52.1. The molecule has 9 atom stereocenters. The number of aliphatic hydroxyl groups is 1. The molecule has 3 saturated carbocycles. The first-order chi connectivity index (χ1) is 21.6. The number of benzene rings is 1. The second-order valence-electron chi connectivity index (χ2n) is 14.5. The lowest BCUT2D eigenvalue weighted by Gasteiger charge is -2.63. The molecule has 1 amide bonds. The van der Waals surface area contributed by atoms with Crippen molar-refractivity contribution in [2.75, 3.05) is 13.7 Å². The highest BCUT2D eigenvalue weighted by molar-refractivity contribution is 6.01. The molecule has 4 aliphatic rings. The number of aliphatic hydroxyl groups excluding tert-OH is 1. The van der Waals surface area contributed by atoms with Crippen LogP contribution < -0.4 is 11.1 Å². The monoisotopic (exact) mass is 638 g/mol. The summed E-state index contributed by atoms with van der Waals surface area (Å²) < 4.78 is 29.3. The molecule has 9 nitrogen and oxygen atoms in total. The Hall–Kier alpha value is -3.21. The van der Waals surface area contributed by atoms with Crippen LogP contribution in [-0.4, -0.2) is 65.7 Å². The predicted molar refractivity (Wildman–Crippen MR) is 169 cm³/mol. The van der Waals surface area contributed by atoms with Gasteiger partial charge in [-0.25, -0.2) is 9.18 Å². The highest BCUT2D eigenvalue weighted by atomic mass is 19.1. The number of nitrogens with two attached hydrogens (primary N) is 1. The summed E-state index contributed by atoms with van der Waals surface area (Å²) in [5.74, 6) is -2.99. The minimum absolute atomic E-state index is 0.0335. The second-order valence-corrected chi connectivity index (χ2v) is 14.5. The van der Waals surface area contributed by atoms with Crippen molar-refractivity contribution in [3.63, 3.8) is 0 Å². The summed E-state index contributed by atoms with van der Waals surface area (Å²) in [7, 11) is 1.45. The lowest BCUT2D eigenvalue weighted by atomic mass is 9.44. The Kier molecular flexibility index (Phi) is 8.98. The molecule has 4 N–H and O–H groups in total. The molecule has 46 heavy (non-hydrogen) atoms. The first-order valence-corrected chi connectivity index (χ1v) is 16.3. The van der Waals surface area contributed by atoms with Gasteiger partial charge in [0.25, 0.3) is 0 Å². The van der Waals surface area contributed by atoms with Gasteiger partial charge in [-0.3, -0.25) is 14.4 Å². The van der Waals surface area contributed by atoms with Gasteiger partial charge in [-0.15, -0.1) is 0 Å². The third-order valence-electron chi connectivity index (χ3n) is 12.0. The number of rotatable bonds is 9. The van der Waals surface area contributed by atoms with Gasteiger partial charge >= 0.3 is 5.97 Å². The van der Waals surface area contributed by atoms with Crippen molar-refractivity contribution in [3.05, 3.63) is 59.2 Å². The van der Waals surface area contributed by atoms with Crippen LogP contribution in [0.25, 0.3) is 0 Å². The highest BCUT2D eigenvalue weighted by Gasteiger charge is 2.76. The summed E-state index contributed by atoms with van der Waals surface area (Å²) in [5, 5.41) is 14.4. The largest absolute Gasteiger partial charge is 0.454 e. The van der Waals surface area contributed by atoms with Crippen LogP contribution in [0, 0.1) is 34.5 Å². The number of amides is 1. The third kappa shape index (κ3) is 4.90. The Morgan fingerprint density at radius 2 is 1.87 bits per heavy atom. The van der Waals surface area contributed by atoms with Gasteiger partial charge in [-0.05, 0) is 74.1 Å². The third-order valence-corrected chi connectivity index (χ3v) is 12.0. The van der Waals surface area contributed by atoms with Gasteiger partial charge in [0.15, 0.2) is 18.1 Å². The van der Waals surface area contributed by atoms with E-state index < -0.39 is 58.5 Å². The van der Waals surface area contributed by atoms with Crippen molar-refractivity contribution < 1.29 is 38.1 Å². The van der Waals surface area contributed by atoms with E-state index in [2.05, 4.69) is 5.32 Å². The zero-order chi connectivity index (χ0) is 33.8. The van der Waals surface area contributed by atoms with E-state index in [-0.39, 0.29) is 48.0 Å². The number of nitrogens with one attached hydrogen (secondary N) is 1. The number of hydrogen-bond donors (Lipinski definition) is 3. The van der Waals surface area contributed by atoms with Crippen molar-refractivity contribution >= 4 is 23.4 Å². The molecule has 0 aliphatic heterocycles. The van der Waals surface area contributed by atoms with Crippen molar-refractivity contribution in [2.45, 2.75) is 90.3 Å². The SMILES string of the molecule is CO[C@]1(C(=O)COC(=O)c2ccccc2CNC(=O)[C@@H](N)C(C)C)[C@H](C)C[C@H]2[C@@H]3CCC4=CC(=O)C=C[C@]4(C)[C@@]3(F)[C@@H](O)C[C@@]21C. The van der Waals surface area contributed by atoms with Gasteiger partial charge in [0, 0.05) is 30.4 Å². The molecule has 4 aliphatic carbocycles. The molecule has 3 fully saturated rings. The van der Waals surface area contributed by atoms with E-state index in [1.807, 2.05) is 27.7 Å². The molecule has 0 heterocycles. The Morgan fingerprint density at radius 1 is 1.17 bits per heavy atom. The first-order valence-electron chi connectivity index (χ1n) is 16.3. The van der Waals surface area contributed by atoms with Gasteiger partial charge in [-0.1, -0.05) is 57.5 Å². The molecule has 10 heteroatoms. The van der Waals surface area contributed by atoms with Crippen LogP contribution in [0.2, 0.25) is 0 Å². The fraction of sp³-hybridized carbons (Fsp3) is 0.611. The fourth-order valence-electron chi connectivity index (χ4n) is 9.47. The maximum Gasteiger partial charge on any atom is 0.338 e. The van der Waals surface area contributed by atoms with Gasteiger partial charge in [-0.2, -0.15) is 0 Å². The quantitative estimate of drug-likeness (QED) is 0.344. The Bertz CT molecular complexity index is 1490. The van der Waals surface area contributed by atoms with Crippen LogP contribution in [0.4, 0.5) is 4.39 Å². The number of alkyl halides is 1. The highest BCUT2D eigenvalue weighted by Crippen LogP contribution is 2.71. The minimum Gasteiger partial charge on any atom is -0.454 e. The van der Waals surface area contributed by atoms with E-state index in [9.17, 15) is 24.3 Å². The van der Waals surface area contributed by atoms with Gasteiger partial charge in [0.1, 0.15) is 5.60 Å². The molecule has 1 aromatic rings. The molecule has 0 unspecified atom stereocenters.